The fraction of sp³-hybridized carbons (Fsp3) is 0.100. The van der Waals surface area contributed by atoms with Crippen molar-refractivity contribution in [3.63, 3.8) is 0 Å². The lowest BCUT2D eigenvalue weighted by Crippen LogP contribution is -2.21. The summed E-state index contributed by atoms with van der Waals surface area (Å²) in [6, 6.07) is 6.96. The van der Waals surface area contributed by atoms with Gasteiger partial charge >= 0.3 is 0 Å². The smallest absolute Gasteiger partial charge is 0.201 e. The molecule has 1 rings (SSSR count). The molecule has 0 fully saturated rings. The number of nitrogens with one attached hydrogen (secondary N) is 2. The Morgan fingerprint density at radius 2 is 2.31 bits per heavy atom. The van der Waals surface area contributed by atoms with Crippen molar-refractivity contribution in [1.29, 1.82) is 10.7 Å². The minimum atomic E-state index is -0.380. The Bertz CT molecular complexity index is 486. The lowest BCUT2D eigenvalue weighted by Gasteiger charge is -2.05. The molecule has 0 amide bonds. The van der Waals surface area contributed by atoms with Gasteiger partial charge in [0.1, 0.15) is 6.07 Å². The second-order valence-corrected chi connectivity index (χ2v) is 3.49. The van der Waals surface area contributed by atoms with Gasteiger partial charge in [-0.1, -0.05) is 17.7 Å². The Balaban J connectivity index is 2.94. The van der Waals surface area contributed by atoms with Crippen LogP contribution in [-0.2, 0) is 0 Å². The van der Waals surface area contributed by atoms with Crippen LogP contribution in [0.25, 0.3) is 0 Å². The van der Waals surface area contributed by atoms with Gasteiger partial charge in [-0.25, -0.2) is 0 Å². The highest BCUT2D eigenvalue weighted by molar-refractivity contribution is 6.45. The molecule has 6 heteroatoms. The lowest BCUT2D eigenvalue weighted by molar-refractivity contribution is 1.30. The van der Waals surface area contributed by atoms with E-state index in [0.29, 0.717) is 10.7 Å². The molecule has 1 aromatic carbocycles. The van der Waals surface area contributed by atoms with Crippen LogP contribution < -0.4 is 11.2 Å². The first-order chi connectivity index (χ1) is 7.54. The van der Waals surface area contributed by atoms with E-state index in [1.54, 1.807) is 18.2 Å². The molecule has 0 aliphatic heterocycles. The van der Waals surface area contributed by atoms with Crippen molar-refractivity contribution < 1.29 is 0 Å². The summed E-state index contributed by atoms with van der Waals surface area (Å²) in [6.45, 7) is 1.87. The number of benzene rings is 1. The number of halogens is 1. The third kappa shape index (κ3) is 2.97. The van der Waals surface area contributed by atoms with E-state index in [1.165, 1.54) is 0 Å². The van der Waals surface area contributed by atoms with Gasteiger partial charge in [-0.05, 0) is 24.6 Å². The number of hydrogen-bond acceptors (Lipinski definition) is 4. The quantitative estimate of drug-likeness (QED) is 0.424. The minimum Gasteiger partial charge on any atom is -0.382 e. The normalized spacial score (nSPS) is 10.7. The molecule has 16 heavy (non-hydrogen) atoms. The Labute approximate surface area is 98.0 Å². The molecule has 1 aromatic rings. The Morgan fingerprint density at radius 3 is 2.88 bits per heavy atom. The third-order valence-corrected chi connectivity index (χ3v) is 2.08. The van der Waals surface area contributed by atoms with E-state index >= 15 is 0 Å². The molecule has 0 atom stereocenters. The van der Waals surface area contributed by atoms with Crippen LogP contribution in [0.2, 0.25) is 5.02 Å². The van der Waals surface area contributed by atoms with Crippen molar-refractivity contribution in [1.82, 2.24) is 0 Å². The summed E-state index contributed by atoms with van der Waals surface area (Å²) in [5.41, 5.74) is 9.22. The van der Waals surface area contributed by atoms with Crippen LogP contribution in [0.1, 0.15) is 5.56 Å². The van der Waals surface area contributed by atoms with Gasteiger partial charge in [-0.15, -0.1) is 0 Å². The molecule has 0 radical (unpaired) electrons. The number of nitrogens with zero attached hydrogens (tertiary/aromatic N) is 2. The molecule has 0 aliphatic carbocycles. The van der Waals surface area contributed by atoms with Crippen LogP contribution in [0, 0.1) is 23.7 Å². The number of aryl methyl sites for hydroxylation is 1. The largest absolute Gasteiger partial charge is 0.382 e. The van der Waals surface area contributed by atoms with E-state index in [4.69, 9.17) is 28.0 Å². The summed E-state index contributed by atoms with van der Waals surface area (Å²) in [4.78, 5) is 0. The fourth-order valence-electron chi connectivity index (χ4n) is 0.976. The molecule has 0 aliphatic rings. The number of anilines is 1. The first kappa shape index (κ1) is 12.0. The molecule has 0 heterocycles. The van der Waals surface area contributed by atoms with Gasteiger partial charge in [0, 0.05) is 5.02 Å². The van der Waals surface area contributed by atoms with Gasteiger partial charge < -0.3 is 5.73 Å². The van der Waals surface area contributed by atoms with Crippen LogP contribution in [0.5, 0.6) is 0 Å². The van der Waals surface area contributed by atoms with E-state index in [0.717, 1.165) is 5.56 Å². The maximum Gasteiger partial charge on any atom is 0.201 e. The molecule has 82 valence electrons. The van der Waals surface area contributed by atoms with Gasteiger partial charge in [0.05, 0.1) is 5.69 Å². The van der Waals surface area contributed by atoms with Crippen molar-refractivity contribution in [2.75, 3.05) is 5.43 Å². The molecule has 0 spiro atoms. The number of hydrazone groups is 1. The van der Waals surface area contributed by atoms with Gasteiger partial charge in [-0.2, -0.15) is 10.4 Å². The Kier molecular flexibility index (Phi) is 3.86. The second-order valence-electron chi connectivity index (χ2n) is 3.06. The highest BCUT2D eigenvalue weighted by Crippen LogP contribution is 2.19. The van der Waals surface area contributed by atoms with Crippen LogP contribution in [0.15, 0.2) is 23.3 Å². The van der Waals surface area contributed by atoms with Gasteiger partial charge in [0.25, 0.3) is 0 Å². The average Bonchev–Trinajstić information content (AvgIpc) is 2.23. The number of nitrogens with two attached hydrogens (primary N) is 1. The van der Waals surface area contributed by atoms with Crippen LogP contribution in [-0.4, -0.2) is 11.5 Å². The monoisotopic (exact) mass is 235 g/mol. The standard InChI is InChI=1S/C10H10ClN5/c1-6-2-3-7(11)4-8(6)15-16-9(5-12)10(13)14/h2-4,15H,1H3,(H3,13,14)/b16-9+. The maximum atomic E-state index is 8.63. The van der Waals surface area contributed by atoms with Crippen molar-refractivity contribution >= 4 is 28.8 Å². The van der Waals surface area contributed by atoms with E-state index in [2.05, 4.69) is 10.5 Å². The maximum absolute atomic E-state index is 8.63. The van der Waals surface area contributed by atoms with Gasteiger partial charge in [-0.3, -0.25) is 10.8 Å². The molecule has 0 saturated heterocycles. The second kappa shape index (κ2) is 5.14. The minimum absolute atomic E-state index is 0.167. The van der Waals surface area contributed by atoms with Gasteiger partial charge in [0.2, 0.25) is 5.71 Å². The molecular weight excluding hydrogens is 226 g/mol. The first-order valence-electron chi connectivity index (χ1n) is 4.39. The molecule has 0 saturated carbocycles. The Morgan fingerprint density at radius 1 is 1.62 bits per heavy atom. The Hall–Kier alpha value is -2.06. The van der Waals surface area contributed by atoms with Crippen LogP contribution in [0.3, 0.4) is 0 Å². The molecule has 4 N–H and O–H groups in total. The predicted octanol–water partition coefficient (Wildman–Crippen LogP) is 1.88. The van der Waals surface area contributed by atoms with Crippen LogP contribution >= 0.6 is 11.6 Å². The SMILES string of the molecule is Cc1ccc(Cl)cc1N/N=C(\C#N)C(=N)N. The third-order valence-electron chi connectivity index (χ3n) is 1.85. The van der Waals surface area contributed by atoms with Crippen molar-refractivity contribution in [2.24, 2.45) is 10.8 Å². The predicted molar refractivity (Wildman–Crippen MR) is 64.8 cm³/mol. The first-order valence-corrected chi connectivity index (χ1v) is 4.76. The topological polar surface area (TPSA) is 98.0 Å². The van der Waals surface area contributed by atoms with E-state index in [1.807, 2.05) is 13.0 Å². The van der Waals surface area contributed by atoms with Crippen LogP contribution in [0.4, 0.5) is 5.69 Å². The number of hydrogen-bond donors (Lipinski definition) is 3. The molecule has 0 unspecified atom stereocenters. The zero-order valence-electron chi connectivity index (χ0n) is 8.58. The summed E-state index contributed by atoms with van der Waals surface area (Å²) < 4.78 is 0. The van der Waals surface area contributed by atoms with Crippen molar-refractivity contribution in [3.05, 3.63) is 28.8 Å². The molecule has 0 aromatic heterocycles. The zero-order valence-corrected chi connectivity index (χ0v) is 9.34. The lowest BCUT2D eigenvalue weighted by atomic mass is 10.2. The average molecular weight is 236 g/mol. The number of nitriles is 1. The molecular formula is C10H10ClN5. The molecule has 0 bridgehead atoms. The summed E-state index contributed by atoms with van der Waals surface area (Å²) in [6.07, 6.45) is 0. The van der Waals surface area contributed by atoms with E-state index in [-0.39, 0.29) is 11.5 Å². The highest BCUT2D eigenvalue weighted by Gasteiger charge is 2.02. The summed E-state index contributed by atoms with van der Waals surface area (Å²) in [7, 11) is 0. The zero-order chi connectivity index (χ0) is 12.1. The number of amidine groups is 1. The van der Waals surface area contributed by atoms with E-state index < -0.39 is 0 Å². The van der Waals surface area contributed by atoms with Crippen molar-refractivity contribution in [3.8, 4) is 6.07 Å². The molecule has 5 nitrogen and oxygen atoms in total. The van der Waals surface area contributed by atoms with E-state index in [9.17, 15) is 0 Å². The number of rotatable bonds is 3. The van der Waals surface area contributed by atoms with Gasteiger partial charge in [0.15, 0.2) is 5.84 Å². The summed E-state index contributed by atoms with van der Waals surface area (Å²) in [5.74, 6) is -0.380. The van der Waals surface area contributed by atoms with Crippen molar-refractivity contribution in [2.45, 2.75) is 6.92 Å². The summed E-state index contributed by atoms with van der Waals surface area (Å²) >= 11 is 5.81. The summed E-state index contributed by atoms with van der Waals surface area (Å²) in [5, 5.41) is 20.0. The fourth-order valence-corrected chi connectivity index (χ4v) is 1.15. The highest BCUT2D eigenvalue weighted by atomic mass is 35.5.